The van der Waals surface area contributed by atoms with Gasteiger partial charge in [0.2, 0.25) is 5.82 Å². The molecule has 0 aliphatic carbocycles. The molecule has 3 aromatic heterocycles. The van der Waals surface area contributed by atoms with E-state index in [1.54, 1.807) is 24.6 Å². The lowest BCUT2D eigenvalue weighted by Crippen LogP contribution is -1.85. The third-order valence-corrected chi connectivity index (χ3v) is 3.15. The summed E-state index contributed by atoms with van der Waals surface area (Å²) in [4.78, 5) is 12.2. The maximum atomic E-state index is 5.31. The number of rotatable bonds is 3. The zero-order valence-corrected chi connectivity index (χ0v) is 11.4. The number of nitrogens with zero attached hydrogens (tertiary/aromatic N) is 4. The van der Waals surface area contributed by atoms with Crippen LogP contribution in [0.25, 0.3) is 34.6 Å². The van der Waals surface area contributed by atoms with Gasteiger partial charge in [0.25, 0.3) is 5.89 Å². The van der Waals surface area contributed by atoms with Gasteiger partial charge in [-0.25, -0.2) is 9.97 Å². The van der Waals surface area contributed by atoms with Crippen LogP contribution in [0.1, 0.15) is 11.5 Å². The molecule has 0 bridgehead atoms. The van der Waals surface area contributed by atoms with Crippen LogP contribution in [0.15, 0.2) is 58.1 Å². The van der Waals surface area contributed by atoms with Crippen LogP contribution in [-0.4, -0.2) is 20.1 Å². The highest BCUT2D eigenvalue weighted by molar-refractivity contribution is 5.81. The van der Waals surface area contributed by atoms with Gasteiger partial charge in [-0.3, -0.25) is 0 Å². The fourth-order valence-corrected chi connectivity index (χ4v) is 2.09. The number of benzene rings is 1. The molecule has 3 heterocycles. The van der Waals surface area contributed by atoms with Crippen molar-refractivity contribution in [3.8, 4) is 11.5 Å². The lowest BCUT2D eigenvalue weighted by atomic mass is 10.1. The molecule has 0 saturated carbocycles. The Labute approximate surface area is 125 Å². The quantitative estimate of drug-likeness (QED) is 0.575. The van der Waals surface area contributed by atoms with E-state index in [4.69, 9.17) is 8.94 Å². The maximum absolute atomic E-state index is 5.31. The first-order valence-electron chi connectivity index (χ1n) is 6.64. The molecule has 6 nitrogen and oxygen atoms in total. The lowest BCUT2D eigenvalue weighted by Gasteiger charge is -1.92. The molecular formula is C16H10N4O2. The van der Waals surface area contributed by atoms with E-state index >= 15 is 0 Å². The van der Waals surface area contributed by atoms with Crippen molar-refractivity contribution in [3.63, 3.8) is 0 Å². The first-order chi connectivity index (χ1) is 10.9. The van der Waals surface area contributed by atoms with Crippen molar-refractivity contribution in [1.29, 1.82) is 0 Å². The van der Waals surface area contributed by atoms with Gasteiger partial charge < -0.3 is 8.94 Å². The molecular weight excluding hydrogens is 280 g/mol. The Bertz CT molecular complexity index is 941. The Hall–Kier alpha value is -3.28. The van der Waals surface area contributed by atoms with Crippen LogP contribution in [0.5, 0.6) is 0 Å². The van der Waals surface area contributed by atoms with E-state index in [1.165, 1.54) is 6.33 Å². The lowest BCUT2D eigenvalue weighted by molar-refractivity contribution is 0.411. The molecule has 6 heteroatoms. The zero-order chi connectivity index (χ0) is 14.8. The fourth-order valence-electron chi connectivity index (χ4n) is 2.09. The summed E-state index contributed by atoms with van der Waals surface area (Å²) in [6.07, 6.45) is 8.42. The van der Waals surface area contributed by atoms with E-state index < -0.39 is 0 Å². The molecule has 0 atom stereocenters. The molecule has 0 spiro atoms. The standard InChI is InChI=1S/C16H10N4O2/c1-3-14-12(6-8-21-14)9-11(1)2-4-15-19-16(20-22-15)13-5-7-17-10-18-13/h1-10H/b4-2+. The second-order valence-electron chi connectivity index (χ2n) is 4.60. The van der Waals surface area contributed by atoms with Crippen LogP contribution >= 0.6 is 0 Å². The second-order valence-corrected chi connectivity index (χ2v) is 4.60. The van der Waals surface area contributed by atoms with Crippen molar-refractivity contribution >= 4 is 23.1 Å². The zero-order valence-electron chi connectivity index (χ0n) is 11.4. The average molecular weight is 290 g/mol. The first kappa shape index (κ1) is 12.5. The molecule has 0 unspecified atom stereocenters. The smallest absolute Gasteiger partial charge is 0.251 e. The summed E-state index contributed by atoms with van der Waals surface area (Å²) < 4.78 is 10.5. The summed E-state index contributed by atoms with van der Waals surface area (Å²) in [5.41, 5.74) is 2.51. The molecule has 0 N–H and O–H groups in total. The van der Waals surface area contributed by atoms with E-state index in [-0.39, 0.29) is 0 Å². The Morgan fingerprint density at radius 3 is 2.95 bits per heavy atom. The predicted octanol–water partition coefficient (Wildman–Crippen LogP) is 3.44. The molecule has 0 fully saturated rings. The first-order valence-corrected chi connectivity index (χ1v) is 6.64. The van der Waals surface area contributed by atoms with Gasteiger partial charge in [-0.1, -0.05) is 11.2 Å². The van der Waals surface area contributed by atoms with E-state index in [0.717, 1.165) is 16.5 Å². The molecule has 0 aliphatic heterocycles. The molecule has 22 heavy (non-hydrogen) atoms. The average Bonchev–Trinajstić information content (AvgIpc) is 3.22. The monoisotopic (exact) mass is 290 g/mol. The topological polar surface area (TPSA) is 77.8 Å². The largest absolute Gasteiger partial charge is 0.464 e. The van der Waals surface area contributed by atoms with E-state index in [9.17, 15) is 0 Å². The van der Waals surface area contributed by atoms with Crippen molar-refractivity contribution < 1.29 is 8.94 Å². The van der Waals surface area contributed by atoms with Crippen LogP contribution in [-0.2, 0) is 0 Å². The Balaban J connectivity index is 1.59. The van der Waals surface area contributed by atoms with E-state index in [1.807, 2.05) is 30.3 Å². The minimum absolute atomic E-state index is 0.418. The van der Waals surface area contributed by atoms with Crippen molar-refractivity contribution in [1.82, 2.24) is 20.1 Å². The molecule has 4 aromatic rings. The molecule has 0 aliphatic rings. The third-order valence-electron chi connectivity index (χ3n) is 3.15. The molecule has 0 radical (unpaired) electrons. The van der Waals surface area contributed by atoms with Crippen molar-refractivity contribution in [3.05, 3.63) is 60.6 Å². The van der Waals surface area contributed by atoms with Gasteiger partial charge in [-0.15, -0.1) is 0 Å². The molecule has 4 rings (SSSR count). The number of aromatic nitrogens is 4. The van der Waals surface area contributed by atoms with Gasteiger partial charge in [0.15, 0.2) is 0 Å². The SMILES string of the molecule is C(=C\c1nc(-c2ccncn2)no1)/c1ccc2occc2c1. The molecule has 1 aromatic carbocycles. The summed E-state index contributed by atoms with van der Waals surface area (Å²) in [5, 5.41) is 4.95. The minimum Gasteiger partial charge on any atom is -0.464 e. The van der Waals surface area contributed by atoms with Gasteiger partial charge in [0.05, 0.1) is 6.26 Å². The molecule has 0 saturated heterocycles. The maximum Gasteiger partial charge on any atom is 0.251 e. The Kier molecular flexibility index (Phi) is 2.97. The van der Waals surface area contributed by atoms with E-state index in [0.29, 0.717) is 17.4 Å². The number of hydrogen-bond acceptors (Lipinski definition) is 6. The highest BCUT2D eigenvalue weighted by Gasteiger charge is 2.07. The minimum atomic E-state index is 0.418. The highest BCUT2D eigenvalue weighted by Crippen LogP contribution is 2.19. The Morgan fingerprint density at radius 2 is 2.05 bits per heavy atom. The van der Waals surface area contributed by atoms with Gasteiger partial charge in [-0.2, -0.15) is 4.98 Å². The Morgan fingerprint density at radius 1 is 1.05 bits per heavy atom. The van der Waals surface area contributed by atoms with Gasteiger partial charge in [-0.05, 0) is 35.9 Å². The van der Waals surface area contributed by atoms with Crippen LogP contribution in [0.4, 0.5) is 0 Å². The third kappa shape index (κ3) is 2.37. The molecule has 0 amide bonds. The van der Waals surface area contributed by atoms with Gasteiger partial charge in [0.1, 0.15) is 17.6 Å². The van der Waals surface area contributed by atoms with Gasteiger partial charge >= 0.3 is 0 Å². The number of furan rings is 1. The summed E-state index contributed by atoms with van der Waals surface area (Å²) >= 11 is 0. The summed E-state index contributed by atoms with van der Waals surface area (Å²) in [6.45, 7) is 0. The van der Waals surface area contributed by atoms with Crippen LogP contribution in [0.2, 0.25) is 0 Å². The van der Waals surface area contributed by atoms with Gasteiger partial charge in [0, 0.05) is 17.7 Å². The number of fused-ring (bicyclic) bond motifs is 1. The summed E-state index contributed by atoms with van der Waals surface area (Å²) in [6, 6.07) is 9.56. The summed E-state index contributed by atoms with van der Waals surface area (Å²) in [7, 11) is 0. The molecule has 106 valence electrons. The van der Waals surface area contributed by atoms with Crippen LogP contribution < -0.4 is 0 Å². The van der Waals surface area contributed by atoms with Crippen molar-refractivity contribution in [2.24, 2.45) is 0 Å². The number of hydrogen-bond donors (Lipinski definition) is 0. The van der Waals surface area contributed by atoms with Crippen molar-refractivity contribution in [2.45, 2.75) is 0 Å². The van der Waals surface area contributed by atoms with Crippen LogP contribution in [0, 0.1) is 0 Å². The second kappa shape index (κ2) is 5.25. The van der Waals surface area contributed by atoms with Crippen LogP contribution in [0.3, 0.4) is 0 Å². The van der Waals surface area contributed by atoms with E-state index in [2.05, 4.69) is 20.1 Å². The normalized spacial score (nSPS) is 11.5. The summed E-state index contributed by atoms with van der Waals surface area (Å²) in [5.74, 6) is 0.855. The highest BCUT2D eigenvalue weighted by atomic mass is 16.5. The predicted molar refractivity (Wildman–Crippen MR) is 80.5 cm³/mol. The van der Waals surface area contributed by atoms with Crippen molar-refractivity contribution in [2.75, 3.05) is 0 Å². The fraction of sp³-hybridized carbons (Fsp3) is 0.